The van der Waals surface area contributed by atoms with E-state index in [0.29, 0.717) is 0 Å². The highest BCUT2D eigenvalue weighted by molar-refractivity contribution is 5.93. The number of nitrogens with zero attached hydrogens (tertiary/aromatic N) is 1. The Kier molecular flexibility index (Phi) is 6.63. The Labute approximate surface area is 150 Å². The first kappa shape index (κ1) is 20.2. The first-order valence-corrected chi connectivity index (χ1v) is 8.65. The molecule has 5 nitrogen and oxygen atoms in total. The van der Waals surface area contributed by atoms with Gasteiger partial charge in [-0.2, -0.15) is 13.2 Å². The maximum absolute atomic E-state index is 13.0. The predicted molar refractivity (Wildman–Crippen MR) is 92.6 cm³/mol. The molecule has 0 radical (unpaired) electrons. The highest BCUT2D eigenvalue weighted by Crippen LogP contribution is 2.34. The van der Waals surface area contributed by atoms with E-state index < -0.39 is 23.7 Å². The number of amides is 2. The summed E-state index contributed by atoms with van der Waals surface area (Å²) in [5.41, 5.74) is -1.19. The van der Waals surface area contributed by atoms with Gasteiger partial charge in [-0.15, -0.1) is 0 Å². The third-order valence-electron chi connectivity index (χ3n) is 4.64. The van der Waals surface area contributed by atoms with Crippen LogP contribution in [0.4, 0.5) is 18.9 Å². The van der Waals surface area contributed by atoms with Crippen LogP contribution in [-0.4, -0.2) is 42.4 Å². The molecule has 0 spiro atoms. The molecule has 8 heteroatoms. The van der Waals surface area contributed by atoms with Gasteiger partial charge in [0.2, 0.25) is 11.8 Å². The molecule has 1 saturated carbocycles. The predicted octanol–water partition coefficient (Wildman–Crippen LogP) is 3.02. The maximum atomic E-state index is 13.0. The second-order valence-corrected chi connectivity index (χ2v) is 6.67. The Hall–Kier alpha value is -2.09. The van der Waals surface area contributed by atoms with Crippen LogP contribution in [0.1, 0.15) is 38.2 Å². The lowest BCUT2D eigenvalue weighted by atomic mass is 10.1. The molecule has 0 aliphatic heterocycles. The fourth-order valence-electron chi connectivity index (χ4n) is 2.98. The van der Waals surface area contributed by atoms with Gasteiger partial charge in [-0.25, -0.2) is 0 Å². The van der Waals surface area contributed by atoms with Crippen LogP contribution in [0.25, 0.3) is 0 Å². The van der Waals surface area contributed by atoms with Crippen LogP contribution in [0.2, 0.25) is 0 Å². The second-order valence-electron chi connectivity index (χ2n) is 6.67. The number of hydrogen-bond donors (Lipinski definition) is 2. The third-order valence-corrected chi connectivity index (χ3v) is 4.64. The lowest BCUT2D eigenvalue weighted by Gasteiger charge is -2.25. The summed E-state index contributed by atoms with van der Waals surface area (Å²) in [5, 5.41) is 5.23. The highest BCUT2D eigenvalue weighted by atomic mass is 19.4. The molecule has 0 unspecified atom stereocenters. The molecule has 1 fully saturated rings. The Balaban J connectivity index is 1.91. The molecule has 0 heterocycles. The van der Waals surface area contributed by atoms with Crippen molar-refractivity contribution in [3.05, 3.63) is 29.8 Å². The molecule has 1 aliphatic carbocycles. The summed E-state index contributed by atoms with van der Waals surface area (Å²) >= 11 is 0. The van der Waals surface area contributed by atoms with Crippen molar-refractivity contribution in [3.8, 4) is 0 Å². The number of nitrogens with one attached hydrogen (secondary N) is 2. The van der Waals surface area contributed by atoms with E-state index in [1.807, 2.05) is 0 Å². The standard InChI is InChI=1S/C18H24F3N3O2/c1-12(17(26)22-13-7-3-4-8-13)24(2)11-16(25)23-15-10-6-5-9-14(15)18(19,20)21/h5-6,9-10,12-13H,3-4,7-8,11H2,1-2H3,(H,22,26)(H,23,25)/t12-/m1/s1. The average molecular weight is 371 g/mol. The molecular formula is C18H24F3N3O2. The number of hydrogen-bond acceptors (Lipinski definition) is 3. The Morgan fingerprint density at radius 2 is 1.85 bits per heavy atom. The van der Waals surface area contributed by atoms with E-state index in [-0.39, 0.29) is 24.2 Å². The average Bonchev–Trinajstić information content (AvgIpc) is 3.06. The van der Waals surface area contributed by atoms with Gasteiger partial charge in [0.25, 0.3) is 0 Å². The molecule has 1 aromatic rings. The highest BCUT2D eigenvalue weighted by Gasteiger charge is 2.33. The summed E-state index contributed by atoms with van der Waals surface area (Å²) in [4.78, 5) is 25.9. The van der Waals surface area contributed by atoms with Crippen molar-refractivity contribution >= 4 is 17.5 Å². The van der Waals surface area contributed by atoms with Crippen molar-refractivity contribution in [2.45, 2.75) is 50.9 Å². The van der Waals surface area contributed by atoms with E-state index in [2.05, 4.69) is 10.6 Å². The summed E-state index contributed by atoms with van der Waals surface area (Å²) in [6.45, 7) is 1.48. The smallest absolute Gasteiger partial charge is 0.352 e. The van der Waals surface area contributed by atoms with Crippen LogP contribution in [0.15, 0.2) is 24.3 Å². The number of para-hydroxylation sites is 1. The SMILES string of the molecule is C[C@H](C(=O)NC1CCCC1)N(C)CC(=O)Nc1ccccc1C(F)(F)F. The van der Waals surface area contributed by atoms with Gasteiger partial charge in [0.1, 0.15) is 0 Å². The summed E-state index contributed by atoms with van der Waals surface area (Å²) in [7, 11) is 1.59. The number of carbonyl (C=O) groups excluding carboxylic acids is 2. The van der Waals surface area contributed by atoms with Crippen LogP contribution < -0.4 is 10.6 Å². The normalized spacial score (nSPS) is 16.5. The number of likely N-dealkylation sites (N-methyl/N-ethyl adjacent to an activating group) is 1. The molecule has 2 N–H and O–H groups in total. The molecule has 1 aromatic carbocycles. The summed E-state index contributed by atoms with van der Waals surface area (Å²) in [6.07, 6.45) is -0.454. The number of rotatable bonds is 6. The Morgan fingerprint density at radius 1 is 1.23 bits per heavy atom. The van der Waals surface area contributed by atoms with Crippen LogP contribution in [0.3, 0.4) is 0 Å². The topological polar surface area (TPSA) is 61.4 Å². The monoisotopic (exact) mass is 371 g/mol. The quantitative estimate of drug-likeness (QED) is 0.808. The van der Waals surface area contributed by atoms with Crippen molar-refractivity contribution in [1.82, 2.24) is 10.2 Å². The largest absolute Gasteiger partial charge is 0.418 e. The van der Waals surface area contributed by atoms with Crippen molar-refractivity contribution in [2.24, 2.45) is 0 Å². The van der Waals surface area contributed by atoms with E-state index in [0.717, 1.165) is 31.7 Å². The number of halogens is 3. The van der Waals surface area contributed by atoms with E-state index in [1.165, 1.54) is 23.1 Å². The number of benzene rings is 1. The van der Waals surface area contributed by atoms with Crippen molar-refractivity contribution < 1.29 is 22.8 Å². The third kappa shape index (κ3) is 5.45. The lowest BCUT2D eigenvalue weighted by Crippen LogP contribution is -2.48. The molecule has 1 atom stereocenters. The van der Waals surface area contributed by atoms with Gasteiger partial charge in [-0.3, -0.25) is 14.5 Å². The summed E-state index contributed by atoms with van der Waals surface area (Å²) in [6, 6.07) is 4.42. The molecule has 0 saturated heterocycles. The van der Waals surface area contributed by atoms with Gasteiger partial charge in [-0.1, -0.05) is 25.0 Å². The van der Waals surface area contributed by atoms with Crippen LogP contribution in [-0.2, 0) is 15.8 Å². The second kappa shape index (κ2) is 8.53. The summed E-state index contributed by atoms with van der Waals surface area (Å²) < 4.78 is 38.9. The molecular weight excluding hydrogens is 347 g/mol. The molecule has 0 aromatic heterocycles. The zero-order valence-corrected chi connectivity index (χ0v) is 14.9. The zero-order chi connectivity index (χ0) is 19.3. The molecule has 26 heavy (non-hydrogen) atoms. The van der Waals surface area contributed by atoms with Gasteiger partial charge in [0, 0.05) is 6.04 Å². The van der Waals surface area contributed by atoms with Gasteiger partial charge in [0.05, 0.1) is 23.8 Å². The van der Waals surface area contributed by atoms with Gasteiger partial charge >= 0.3 is 6.18 Å². The van der Waals surface area contributed by atoms with E-state index >= 15 is 0 Å². The number of carbonyl (C=O) groups is 2. The molecule has 2 amide bonds. The van der Waals surface area contributed by atoms with E-state index in [1.54, 1.807) is 14.0 Å². The Morgan fingerprint density at radius 3 is 2.46 bits per heavy atom. The first-order valence-electron chi connectivity index (χ1n) is 8.65. The van der Waals surface area contributed by atoms with Crippen LogP contribution in [0.5, 0.6) is 0 Å². The minimum Gasteiger partial charge on any atom is -0.352 e. The first-order chi connectivity index (χ1) is 12.2. The van der Waals surface area contributed by atoms with Crippen molar-refractivity contribution in [3.63, 3.8) is 0 Å². The zero-order valence-electron chi connectivity index (χ0n) is 14.9. The van der Waals surface area contributed by atoms with Gasteiger partial charge in [0.15, 0.2) is 0 Å². The van der Waals surface area contributed by atoms with Crippen LogP contribution in [0, 0.1) is 0 Å². The van der Waals surface area contributed by atoms with E-state index in [9.17, 15) is 22.8 Å². The molecule has 2 rings (SSSR count). The fourth-order valence-corrected chi connectivity index (χ4v) is 2.98. The number of anilines is 1. The summed E-state index contributed by atoms with van der Waals surface area (Å²) in [5.74, 6) is -0.785. The lowest BCUT2D eigenvalue weighted by molar-refractivity contribution is -0.137. The maximum Gasteiger partial charge on any atom is 0.418 e. The minimum atomic E-state index is -4.55. The van der Waals surface area contributed by atoms with Crippen LogP contribution >= 0.6 is 0 Å². The molecule has 0 bridgehead atoms. The van der Waals surface area contributed by atoms with Crippen molar-refractivity contribution in [1.29, 1.82) is 0 Å². The fraction of sp³-hybridized carbons (Fsp3) is 0.556. The van der Waals surface area contributed by atoms with Crippen molar-refractivity contribution in [2.75, 3.05) is 18.9 Å². The van der Waals surface area contributed by atoms with Gasteiger partial charge in [-0.05, 0) is 38.9 Å². The Bertz CT molecular complexity index is 643. The van der Waals surface area contributed by atoms with E-state index in [4.69, 9.17) is 0 Å². The molecule has 1 aliphatic rings. The number of alkyl halides is 3. The molecule has 144 valence electrons. The van der Waals surface area contributed by atoms with Gasteiger partial charge < -0.3 is 10.6 Å². The minimum absolute atomic E-state index is 0.172.